The van der Waals surface area contributed by atoms with Crippen LogP contribution in [0.5, 0.6) is 5.75 Å². The number of para-hydroxylation sites is 1. The first-order valence-corrected chi connectivity index (χ1v) is 10.2. The Kier molecular flexibility index (Phi) is 6.35. The summed E-state index contributed by atoms with van der Waals surface area (Å²) in [7, 11) is 1.32. The van der Waals surface area contributed by atoms with E-state index in [0.717, 1.165) is 17.8 Å². The molecule has 1 aliphatic heterocycles. The third-order valence-electron chi connectivity index (χ3n) is 5.08. The second-order valence-corrected chi connectivity index (χ2v) is 7.38. The monoisotopic (exact) mass is 475 g/mol. The van der Waals surface area contributed by atoms with Gasteiger partial charge in [0.2, 0.25) is 0 Å². The van der Waals surface area contributed by atoms with Crippen LogP contribution in [0.2, 0.25) is 0 Å². The van der Waals surface area contributed by atoms with Crippen LogP contribution in [0.25, 0.3) is 5.69 Å². The van der Waals surface area contributed by atoms with Crippen LogP contribution >= 0.6 is 0 Å². The zero-order valence-corrected chi connectivity index (χ0v) is 17.9. The lowest BCUT2D eigenvalue weighted by Crippen LogP contribution is -2.53. The van der Waals surface area contributed by atoms with E-state index in [0.29, 0.717) is 24.3 Å². The van der Waals surface area contributed by atoms with Crippen LogP contribution < -0.4 is 15.0 Å². The number of ether oxygens (including phenoxy) is 3. The van der Waals surface area contributed by atoms with Gasteiger partial charge in [-0.25, -0.2) is 9.59 Å². The summed E-state index contributed by atoms with van der Waals surface area (Å²) < 4.78 is 52.6. The first kappa shape index (κ1) is 23.0. The number of esters is 1. The average Bonchev–Trinajstić information content (AvgIpc) is 3.30. The Morgan fingerprint density at radius 1 is 1.00 bits per heavy atom. The molecule has 11 heteroatoms. The minimum atomic E-state index is -4.79. The summed E-state index contributed by atoms with van der Waals surface area (Å²) in [6.45, 7) is 0.787. The maximum Gasteiger partial charge on any atom is 0.573 e. The number of hydrogen-bond donors (Lipinski definition) is 1. The number of nitrogens with one attached hydrogen (secondary N) is 1. The number of hydrogen-bond acceptors (Lipinski definition) is 6. The summed E-state index contributed by atoms with van der Waals surface area (Å²) in [4.78, 5) is 26.4. The third-order valence-corrected chi connectivity index (χ3v) is 5.08. The fourth-order valence-corrected chi connectivity index (χ4v) is 3.56. The number of anilines is 2. The molecule has 2 heterocycles. The molecule has 1 fully saturated rings. The van der Waals surface area contributed by atoms with Crippen molar-refractivity contribution in [1.29, 1.82) is 0 Å². The molecule has 0 radical (unpaired) electrons. The number of nitrogens with zero attached hydrogens (tertiary/aromatic N) is 2. The number of rotatable bonds is 6. The maximum atomic E-state index is 12.3. The van der Waals surface area contributed by atoms with Gasteiger partial charge in [0.15, 0.2) is 0 Å². The number of aromatic nitrogens is 1. The van der Waals surface area contributed by atoms with Gasteiger partial charge in [-0.3, -0.25) is 5.32 Å². The molecule has 0 atom stereocenters. The van der Waals surface area contributed by atoms with Crippen LogP contribution in [0.3, 0.4) is 0 Å². The Morgan fingerprint density at radius 3 is 2.29 bits per heavy atom. The van der Waals surface area contributed by atoms with Gasteiger partial charge in [-0.15, -0.1) is 13.2 Å². The van der Waals surface area contributed by atoms with Crippen LogP contribution in [0.15, 0.2) is 67.0 Å². The summed E-state index contributed by atoms with van der Waals surface area (Å²) in [5.74, 6) is -0.862. The smallest absolute Gasteiger partial charge is 0.465 e. The molecule has 1 N–H and O–H groups in total. The molecule has 178 valence electrons. The Labute approximate surface area is 192 Å². The van der Waals surface area contributed by atoms with Gasteiger partial charge in [-0.05, 0) is 48.5 Å². The summed E-state index contributed by atoms with van der Waals surface area (Å²) >= 11 is 0. The standard InChI is InChI=1S/C23H20F3N3O5/c1-32-21(30)18-5-4-6-19(20(18)28-11-2-3-12-28)29-13-17(14-29)33-22(31)27-15-7-9-16(10-8-15)34-23(24,25)26/h2-12,17H,13-14H2,1H3,(H,27,31). The lowest BCUT2D eigenvalue weighted by atomic mass is 10.1. The van der Waals surface area contributed by atoms with E-state index in [1.54, 1.807) is 12.1 Å². The Bertz CT molecular complexity index is 1160. The van der Waals surface area contributed by atoms with E-state index >= 15 is 0 Å². The zero-order chi connectivity index (χ0) is 24.3. The number of halogens is 3. The predicted octanol–water partition coefficient (Wildman–Crippen LogP) is 4.60. The quantitative estimate of drug-likeness (QED) is 0.525. The molecule has 8 nitrogen and oxygen atoms in total. The van der Waals surface area contributed by atoms with E-state index in [1.165, 1.54) is 19.2 Å². The first-order chi connectivity index (χ1) is 16.2. The van der Waals surface area contributed by atoms with E-state index in [4.69, 9.17) is 9.47 Å². The van der Waals surface area contributed by atoms with Crippen LogP contribution in [-0.4, -0.2) is 49.3 Å². The molecular weight excluding hydrogens is 455 g/mol. The predicted molar refractivity (Wildman–Crippen MR) is 116 cm³/mol. The van der Waals surface area contributed by atoms with Crippen LogP contribution in [0, 0.1) is 0 Å². The minimum absolute atomic E-state index is 0.261. The lowest BCUT2D eigenvalue weighted by Gasteiger charge is -2.41. The second-order valence-electron chi connectivity index (χ2n) is 7.38. The first-order valence-electron chi connectivity index (χ1n) is 10.2. The molecule has 4 rings (SSSR count). The number of carbonyl (C=O) groups excluding carboxylic acids is 2. The van der Waals surface area contributed by atoms with Crippen LogP contribution in [-0.2, 0) is 9.47 Å². The molecular formula is C23H20F3N3O5. The largest absolute Gasteiger partial charge is 0.573 e. The molecule has 0 spiro atoms. The minimum Gasteiger partial charge on any atom is -0.465 e. The summed E-state index contributed by atoms with van der Waals surface area (Å²) in [5, 5.41) is 2.47. The Balaban J connectivity index is 1.37. The van der Waals surface area contributed by atoms with Crippen LogP contribution in [0.1, 0.15) is 10.4 Å². The van der Waals surface area contributed by atoms with E-state index < -0.39 is 30.3 Å². The fourth-order valence-electron chi connectivity index (χ4n) is 3.56. The molecule has 3 aromatic rings. The molecule has 1 amide bonds. The summed E-state index contributed by atoms with van der Waals surface area (Å²) in [5.41, 5.74) is 2.09. The number of carbonyl (C=O) groups is 2. The molecule has 1 saturated heterocycles. The number of methoxy groups -OCH3 is 1. The van der Waals surface area contributed by atoms with Crippen molar-refractivity contribution in [2.75, 3.05) is 30.4 Å². The third kappa shape index (κ3) is 5.25. The molecule has 1 aliphatic rings. The summed E-state index contributed by atoms with van der Waals surface area (Å²) in [6, 6.07) is 13.7. The van der Waals surface area contributed by atoms with Gasteiger partial charge in [-0.1, -0.05) is 6.07 Å². The molecule has 0 aliphatic carbocycles. The van der Waals surface area contributed by atoms with Gasteiger partial charge >= 0.3 is 18.4 Å². The van der Waals surface area contributed by atoms with Crippen molar-refractivity contribution in [3.8, 4) is 11.4 Å². The van der Waals surface area contributed by atoms with E-state index in [9.17, 15) is 22.8 Å². The van der Waals surface area contributed by atoms with Crippen molar-refractivity contribution >= 4 is 23.4 Å². The average molecular weight is 475 g/mol. The number of amides is 1. The second kappa shape index (κ2) is 9.38. The van der Waals surface area contributed by atoms with Gasteiger partial charge in [0.25, 0.3) is 0 Å². The van der Waals surface area contributed by atoms with Gasteiger partial charge < -0.3 is 23.7 Å². The summed E-state index contributed by atoms with van der Waals surface area (Å²) in [6.07, 6.45) is -2.30. The highest BCUT2D eigenvalue weighted by Crippen LogP contribution is 2.32. The molecule has 34 heavy (non-hydrogen) atoms. The Morgan fingerprint density at radius 2 is 1.68 bits per heavy atom. The SMILES string of the molecule is COC(=O)c1cccc(N2CC(OC(=O)Nc3ccc(OC(F)(F)F)cc3)C2)c1-n1cccc1. The van der Waals surface area contributed by atoms with Crippen LogP contribution in [0.4, 0.5) is 29.3 Å². The van der Waals surface area contributed by atoms with Gasteiger partial charge in [-0.2, -0.15) is 0 Å². The Hall–Kier alpha value is -4.15. The molecule has 1 aromatic heterocycles. The van der Waals surface area contributed by atoms with Crippen molar-refractivity contribution in [3.05, 3.63) is 72.6 Å². The van der Waals surface area contributed by atoms with Crippen molar-refractivity contribution in [2.24, 2.45) is 0 Å². The molecule has 0 unspecified atom stereocenters. The lowest BCUT2D eigenvalue weighted by molar-refractivity contribution is -0.274. The van der Waals surface area contributed by atoms with Gasteiger partial charge in [0, 0.05) is 18.1 Å². The highest BCUT2D eigenvalue weighted by atomic mass is 19.4. The van der Waals surface area contributed by atoms with E-state index in [-0.39, 0.29) is 5.69 Å². The van der Waals surface area contributed by atoms with Gasteiger partial charge in [0.05, 0.1) is 37.1 Å². The van der Waals surface area contributed by atoms with E-state index in [2.05, 4.69) is 10.1 Å². The van der Waals surface area contributed by atoms with Crippen molar-refractivity contribution in [2.45, 2.75) is 12.5 Å². The highest BCUT2D eigenvalue weighted by Gasteiger charge is 2.33. The van der Waals surface area contributed by atoms with E-state index in [1.807, 2.05) is 40.1 Å². The molecule has 0 bridgehead atoms. The highest BCUT2D eigenvalue weighted by molar-refractivity contribution is 5.96. The van der Waals surface area contributed by atoms with Crippen molar-refractivity contribution in [1.82, 2.24) is 4.57 Å². The normalized spacial score (nSPS) is 13.7. The van der Waals surface area contributed by atoms with Crippen molar-refractivity contribution in [3.63, 3.8) is 0 Å². The molecule has 0 saturated carbocycles. The topological polar surface area (TPSA) is 82.0 Å². The number of alkyl halides is 3. The molecule has 2 aromatic carbocycles. The number of benzene rings is 2. The van der Waals surface area contributed by atoms with Gasteiger partial charge in [0.1, 0.15) is 11.9 Å². The fraction of sp³-hybridized carbons (Fsp3) is 0.217. The zero-order valence-electron chi connectivity index (χ0n) is 17.9. The van der Waals surface area contributed by atoms with Crippen molar-refractivity contribution < 1.29 is 37.0 Å². The maximum absolute atomic E-state index is 12.3.